The third kappa shape index (κ3) is 1.86. The second-order valence-corrected chi connectivity index (χ2v) is 3.41. The van der Waals surface area contributed by atoms with E-state index in [-0.39, 0.29) is 5.88 Å². The minimum atomic E-state index is 0.286. The summed E-state index contributed by atoms with van der Waals surface area (Å²) in [7, 11) is 0. The van der Waals surface area contributed by atoms with Crippen molar-refractivity contribution in [1.29, 1.82) is 5.26 Å². The number of aromatic amines is 1. The maximum Gasteiger partial charge on any atom is 0.240 e. The van der Waals surface area contributed by atoms with E-state index in [9.17, 15) is 0 Å². The number of rotatable bonds is 2. The van der Waals surface area contributed by atoms with Gasteiger partial charge in [0.1, 0.15) is 11.6 Å². The molecule has 0 amide bonds. The Labute approximate surface area is 92.7 Å². The van der Waals surface area contributed by atoms with Crippen LogP contribution in [0.5, 0.6) is 11.8 Å². The minimum absolute atomic E-state index is 0.286. The first kappa shape index (κ1) is 10.2. The first-order valence-corrected chi connectivity index (χ1v) is 4.76. The lowest BCUT2D eigenvalue weighted by Gasteiger charge is -2.04. The van der Waals surface area contributed by atoms with E-state index in [0.29, 0.717) is 11.4 Å². The normalized spacial score (nSPS) is 9.81. The molecule has 0 saturated carbocycles. The van der Waals surface area contributed by atoms with E-state index in [1.165, 1.54) is 0 Å². The van der Waals surface area contributed by atoms with Gasteiger partial charge in [0.25, 0.3) is 0 Å². The van der Waals surface area contributed by atoms with Crippen LogP contribution in [0.3, 0.4) is 0 Å². The van der Waals surface area contributed by atoms with Crippen LogP contribution in [0.15, 0.2) is 18.3 Å². The topological polar surface area (TPSA) is 74.6 Å². The number of nitrogens with zero attached hydrogens (tertiary/aromatic N) is 3. The fraction of sp³-hybridized carbons (Fsp3) is 0.182. The SMILES string of the molecule is Cc1cc(Oc2nccc(C)c2C#N)n[nH]1. The molecule has 5 heteroatoms. The van der Waals surface area contributed by atoms with Crippen LogP contribution in [0.4, 0.5) is 0 Å². The van der Waals surface area contributed by atoms with Gasteiger partial charge in [-0.1, -0.05) is 0 Å². The van der Waals surface area contributed by atoms with Gasteiger partial charge in [0.05, 0.1) is 0 Å². The molecule has 2 aromatic rings. The van der Waals surface area contributed by atoms with Crippen molar-refractivity contribution in [2.24, 2.45) is 0 Å². The molecule has 0 aromatic carbocycles. The van der Waals surface area contributed by atoms with E-state index >= 15 is 0 Å². The standard InChI is InChI=1S/C11H10N4O/c1-7-3-4-13-11(9(7)6-12)16-10-5-8(2)14-15-10/h3-5H,1-2H3,(H,14,15). The van der Waals surface area contributed by atoms with Gasteiger partial charge >= 0.3 is 0 Å². The maximum atomic E-state index is 8.98. The molecule has 0 aliphatic carbocycles. The first-order valence-electron chi connectivity index (χ1n) is 4.76. The van der Waals surface area contributed by atoms with Gasteiger partial charge in [-0.3, -0.25) is 5.10 Å². The van der Waals surface area contributed by atoms with Crippen LogP contribution in [-0.2, 0) is 0 Å². The van der Waals surface area contributed by atoms with Crippen molar-refractivity contribution in [1.82, 2.24) is 15.2 Å². The maximum absolute atomic E-state index is 8.98. The molecule has 2 rings (SSSR count). The molecule has 2 aromatic heterocycles. The molecule has 0 radical (unpaired) electrons. The van der Waals surface area contributed by atoms with Gasteiger partial charge in [-0.15, -0.1) is 5.10 Å². The van der Waals surface area contributed by atoms with Gasteiger partial charge in [-0.25, -0.2) is 4.98 Å². The monoisotopic (exact) mass is 214 g/mol. The van der Waals surface area contributed by atoms with Gasteiger partial charge < -0.3 is 4.74 Å². The second-order valence-electron chi connectivity index (χ2n) is 3.41. The molecule has 80 valence electrons. The fourth-order valence-electron chi connectivity index (χ4n) is 1.29. The van der Waals surface area contributed by atoms with Crippen molar-refractivity contribution >= 4 is 0 Å². The Morgan fingerprint density at radius 2 is 2.25 bits per heavy atom. The summed E-state index contributed by atoms with van der Waals surface area (Å²) in [6, 6.07) is 5.57. The van der Waals surface area contributed by atoms with Gasteiger partial charge in [-0.05, 0) is 25.5 Å². The lowest BCUT2D eigenvalue weighted by Crippen LogP contribution is -1.94. The average molecular weight is 214 g/mol. The number of hydrogen-bond donors (Lipinski definition) is 1. The van der Waals surface area contributed by atoms with Crippen LogP contribution in [0.2, 0.25) is 0 Å². The van der Waals surface area contributed by atoms with E-state index in [2.05, 4.69) is 21.3 Å². The molecule has 0 atom stereocenters. The molecular weight excluding hydrogens is 204 g/mol. The van der Waals surface area contributed by atoms with Crippen LogP contribution in [0.25, 0.3) is 0 Å². The number of nitriles is 1. The van der Waals surface area contributed by atoms with Gasteiger partial charge in [0.15, 0.2) is 0 Å². The third-order valence-corrected chi connectivity index (χ3v) is 2.12. The molecule has 16 heavy (non-hydrogen) atoms. The number of ether oxygens (including phenoxy) is 1. The number of aromatic nitrogens is 3. The predicted molar refractivity (Wildman–Crippen MR) is 57.1 cm³/mol. The summed E-state index contributed by atoms with van der Waals surface area (Å²) in [5.74, 6) is 0.695. The summed E-state index contributed by atoms with van der Waals surface area (Å²) in [6.45, 7) is 3.71. The fourth-order valence-corrected chi connectivity index (χ4v) is 1.29. The Bertz CT molecular complexity index is 553. The quantitative estimate of drug-likeness (QED) is 0.830. The van der Waals surface area contributed by atoms with E-state index in [1.807, 2.05) is 13.8 Å². The second kappa shape index (κ2) is 4.03. The Morgan fingerprint density at radius 3 is 2.88 bits per heavy atom. The van der Waals surface area contributed by atoms with Gasteiger partial charge in [0, 0.05) is 18.0 Å². The molecule has 5 nitrogen and oxygen atoms in total. The zero-order chi connectivity index (χ0) is 11.5. The van der Waals surface area contributed by atoms with E-state index in [4.69, 9.17) is 10.00 Å². The summed E-state index contributed by atoms with van der Waals surface area (Å²) >= 11 is 0. The third-order valence-electron chi connectivity index (χ3n) is 2.12. The molecule has 2 heterocycles. The largest absolute Gasteiger partial charge is 0.418 e. The highest BCUT2D eigenvalue weighted by atomic mass is 16.5. The molecule has 0 aliphatic rings. The molecule has 0 spiro atoms. The number of H-pyrrole nitrogens is 1. The number of aryl methyl sites for hydroxylation is 2. The van der Waals surface area contributed by atoms with Crippen LogP contribution in [0.1, 0.15) is 16.8 Å². The molecule has 0 fully saturated rings. The van der Waals surface area contributed by atoms with Crippen molar-refractivity contribution in [3.63, 3.8) is 0 Å². The minimum Gasteiger partial charge on any atom is -0.418 e. The zero-order valence-corrected chi connectivity index (χ0v) is 8.98. The number of nitrogens with one attached hydrogen (secondary N) is 1. The smallest absolute Gasteiger partial charge is 0.240 e. The van der Waals surface area contributed by atoms with Crippen molar-refractivity contribution < 1.29 is 4.74 Å². The highest BCUT2D eigenvalue weighted by Crippen LogP contribution is 2.23. The van der Waals surface area contributed by atoms with Crippen LogP contribution in [-0.4, -0.2) is 15.2 Å². The Kier molecular flexibility index (Phi) is 2.56. The molecule has 0 saturated heterocycles. The van der Waals surface area contributed by atoms with Crippen molar-refractivity contribution in [3.8, 4) is 17.8 Å². The van der Waals surface area contributed by atoms with Crippen molar-refractivity contribution in [2.45, 2.75) is 13.8 Å². The predicted octanol–water partition coefficient (Wildman–Crippen LogP) is 2.09. The Balaban J connectivity index is 2.35. The van der Waals surface area contributed by atoms with Crippen molar-refractivity contribution in [2.75, 3.05) is 0 Å². The summed E-state index contributed by atoms with van der Waals surface area (Å²) in [5.41, 5.74) is 2.16. The number of hydrogen-bond acceptors (Lipinski definition) is 4. The summed E-state index contributed by atoms with van der Waals surface area (Å²) in [5, 5.41) is 15.7. The summed E-state index contributed by atoms with van der Waals surface area (Å²) in [4.78, 5) is 4.02. The molecule has 1 N–H and O–H groups in total. The Hall–Kier alpha value is -2.35. The highest BCUT2D eigenvalue weighted by molar-refractivity contribution is 5.44. The summed E-state index contributed by atoms with van der Waals surface area (Å²) < 4.78 is 5.43. The number of pyridine rings is 1. The highest BCUT2D eigenvalue weighted by Gasteiger charge is 2.10. The molecule has 0 bridgehead atoms. The van der Waals surface area contributed by atoms with Gasteiger partial charge in [-0.2, -0.15) is 5.26 Å². The zero-order valence-electron chi connectivity index (χ0n) is 8.98. The Morgan fingerprint density at radius 1 is 1.44 bits per heavy atom. The van der Waals surface area contributed by atoms with Gasteiger partial charge in [0.2, 0.25) is 11.8 Å². The lowest BCUT2D eigenvalue weighted by atomic mass is 10.2. The summed E-state index contributed by atoms with van der Waals surface area (Å²) in [6.07, 6.45) is 1.60. The molecular formula is C11H10N4O. The van der Waals surface area contributed by atoms with Crippen molar-refractivity contribution in [3.05, 3.63) is 35.2 Å². The molecule has 0 aliphatic heterocycles. The van der Waals surface area contributed by atoms with Crippen LogP contribution in [0, 0.1) is 25.2 Å². The first-order chi connectivity index (χ1) is 7.70. The van der Waals surface area contributed by atoms with Crippen LogP contribution >= 0.6 is 0 Å². The molecule has 0 unspecified atom stereocenters. The van der Waals surface area contributed by atoms with E-state index in [0.717, 1.165) is 11.3 Å². The lowest BCUT2D eigenvalue weighted by molar-refractivity contribution is 0.441. The van der Waals surface area contributed by atoms with Crippen LogP contribution < -0.4 is 4.74 Å². The average Bonchev–Trinajstić information content (AvgIpc) is 2.64. The van der Waals surface area contributed by atoms with E-state index < -0.39 is 0 Å². The van der Waals surface area contributed by atoms with E-state index in [1.54, 1.807) is 18.3 Å².